The van der Waals surface area contributed by atoms with Gasteiger partial charge in [0, 0.05) is 0 Å². The predicted octanol–water partition coefficient (Wildman–Crippen LogP) is 6.29. The number of alkyl halides is 1. The normalized spacial score (nSPS) is 40.3. The molecule has 0 saturated heterocycles. The molecule has 0 bridgehead atoms. The Morgan fingerprint density at radius 3 is 1.74 bits per heavy atom. The van der Waals surface area contributed by atoms with Crippen LogP contribution in [0.1, 0.15) is 90.9 Å². The number of hydrogen-bond acceptors (Lipinski definition) is 0. The molecule has 0 spiro atoms. The molecular weight excluding hydrogens is 235 g/mol. The van der Waals surface area contributed by atoms with Crippen LogP contribution in [-0.4, -0.2) is 5.67 Å². The van der Waals surface area contributed by atoms with E-state index in [1.165, 1.54) is 51.4 Å². The molecule has 2 fully saturated rings. The maximum absolute atomic E-state index is 15.2. The average molecular weight is 268 g/mol. The van der Waals surface area contributed by atoms with Crippen LogP contribution in [0, 0.1) is 17.8 Å². The lowest BCUT2D eigenvalue weighted by molar-refractivity contribution is -0.00269. The molecule has 0 N–H and O–H groups in total. The van der Waals surface area contributed by atoms with Gasteiger partial charge in [0.05, 0.1) is 0 Å². The van der Waals surface area contributed by atoms with Gasteiger partial charge in [-0.05, 0) is 56.3 Å². The monoisotopic (exact) mass is 268 g/mol. The van der Waals surface area contributed by atoms with Crippen LogP contribution in [0.25, 0.3) is 0 Å². The molecule has 0 aromatic carbocycles. The van der Waals surface area contributed by atoms with Crippen molar-refractivity contribution < 1.29 is 4.39 Å². The first-order chi connectivity index (χ1) is 9.18. The summed E-state index contributed by atoms with van der Waals surface area (Å²) in [7, 11) is 0. The van der Waals surface area contributed by atoms with Gasteiger partial charge in [-0.2, -0.15) is 0 Å². The Morgan fingerprint density at radius 1 is 0.789 bits per heavy atom. The minimum Gasteiger partial charge on any atom is -0.244 e. The Bertz CT molecular complexity index is 244. The van der Waals surface area contributed by atoms with E-state index in [1.807, 2.05) is 0 Å². The molecule has 2 aliphatic carbocycles. The lowest BCUT2D eigenvalue weighted by Gasteiger charge is -2.42. The van der Waals surface area contributed by atoms with E-state index in [-0.39, 0.29) is 0 Å². The van der Waals surface area contributed by atoms with Crippen LogP contribution in [0.5, 0.6) is 0 Å². The van der Waals surface area contributed by atoms with Crippen molar-refractivity contribution >= 4 is 0 Å². The van der Waals surface area contributed by atoms with E-state index in [0.717, 1.165) is 37.5 Å². The topological polar surface area (TPSA) is 0 Å². The van der Waals surface area contributed by atoms with Gasteiger partial charge in [0.1, 0.15) is 5.67 Å². The van der Waals surface area contributed by atoms with E-state index < -0.39 is 5.67 Å². The number of halogens is 1. The van der Waals surface area contributed by atoms with Gasteiger partial charge in [0.2, 0.25) is 0 Å². The van der Waals surface area contributed by atoms with Crippen molar-refractivity contribution in [3.05, 3.63) is 0 Å². The van der Waals surface area contributed by atoms with Crippen molar-refractivity contribution in [3.63, 3.8) is 0 Å². The molecule has 2 rings (SSSR count). The lowest BCUT2D eigenvalue weighted by atomic mass is 9.66. The molecule has 1 heteroatoms. The van der Waals surface area contributed by atoms with Gasteiger partial charge in [0.15, 0.2) is 0 Å². The van der Waals surface area contributed by atoms with E-state index in [0.29, 0.717) is 5.92 Å². The van der Waals surface area contributed by atoms with Gasteiger partial charge >= 0.3 is 0 Å². The quantitative estimate of drug-likeness (QED) is 0.549. The third-order valence-corrected chi connectivity index (χ3v) is 5.91. The molecule has 0 nitrogen and oxygen atoms in total. The van der Waals surface area contributed by atoms with Crippen LogP contribution >= 0.6 is 0 Å². The third-order valence-electron chi connectivity index (χ3n) is 5.91. The summed E-state index contributed by atoms with van der Waals surface area (Å²) in [6.45, 7) is 4.53. The van der Waals surface area contributed by atoms with Gasteiger partial charge in [-0.1, -0.05) is 52.4 Å². The summed E-state index contributed by atoms with van der Waals surface area (Å²) in [4.78, 5) is 0. The third kappa shape index (κ3) is 3.95. The zero-order valence-corrected chi connectivity index (χ0v) is 13.1. The van der Waals surface area contributed by atoms with Crippen LogP contribution in [-0.2, 0) is 0 Å². The number of rotatable bonds is 5. The largest absolute Gasteiger partial charge is 0.244 e. The Morgan fingerprint density at radius 2 is 1.26 bits per heavy atom. The first kappa shape index (κ1) is 15.3. The van der Waals surface area contributed by atoms with Crippen molar-refractivity contribution in [2.24, 2.45) is 17.8 Å². The molecule has 0 radical (unpaired) electrons. The molecule has 19 heavy (non-hydrogen) atoms. The Labute approximate surface area is 119 Å². The second-order valence-electron chi connectivity index (χ2n) is 7.27. The van der Waals surface area contributed by atoms with Gasteiger partial charge in [0.25, 0.3) is 0 Å². The summed E-state index contributed by atoms with van der Waals surface area (Å²) in [5, 5.41) is 0. The fourth-order valence-electron chi connectivity index (χ4n) is 4.64. The molecule has 0 aliphatic heterocycles. The fraction of sp³-hybridized carbons (Fsp3) is 1.00. The summed E-state index contributed by atoms with van der Waals surface area (Å²) < 4.78 is 15.2. The SMILES string of the molecule is CCCC1CCC(F)([C@H]2CC[C@H](CCC)CC2)CC1. The molecule has 0 amide bonds. The highest BCUT2D eigenvalue weighted by Crippen LogP contribution is 2.47. The first-order valence-electron chi connectivity index (χ1n) is 8.86. The van der Waals surface area contributed by atoms with Crippen molar-refractivity contribution in [2.45, 2.75) is 96.6 Å². The zero-order valence-electron chi connectivity index (χ0n) is 13.1. The highest BCUT2D eigenvalue weighted by molar-refractivity contribution is 4.93. The second kappa shape index (κ2) is 7.09. The fourth-order valence-corrected chi connectivity index (χ4v) is 4.64. The van der Waals surface area contributed by atoms with Gasteiger partial charge in [-0.3, -0.25) is 0 Å². The highest BCUT2D eigenvalue weighted by Gasteiger charge is 2.42. The van der Waals surface area contributed by atoms with E-state index in [4.69, 9.17) is 0 Å². The van der Waals surface area contributed by atoms with E-state index in [2.05, 4.69) is 13.8 Å². The molecular formula is C18H33F. The number of hydrogen-bond donors (Lipinski definition) is 0. The molecule has 2 aliphatic rings. The summed E-state index contributed by atoms with van der Waals surface area (Å²) in [6, 6.07) is 0. The molecule has 0 aromatic rings. The Hall–Kier alpha value is -0.0700. The van der Waals surface area contributed by atoms with Crippen LogP contribution < -0.4 is 0 Å². The van der Waals surface area contributed by atoms with Crippen LogP contribution in [0.4, 0.5) is 4.39 Å². The molecule has 0 atom stereocenters. The minimum atomic E-state index is -0.790. The maximum Gasteiger partial charge on any atom is 0.113 e. The molecule has 112 valence electrons. The highest BCUT2D eigenvalue weighted by atomic mass is 19.1. The lowest BCUT2D eigenvalue weighted by Crippen LogP contribution is -2.39. The standard InChI is InChI=1S/C18H33F/c1-3-5-15-7-9-17(10-8-15)18(19)13-11-16(6-4-2)12-14-18/h15-17H,3-14H2,1-2H3/t15-,16?,17-,18?. The molecule has 0 heterocycles. The second-order valence-corrected chi connectivity index (χ2v) is 7.27. The Kier molecular flexibility index (Phi) is 5.71. The van der Waals surface area contributed by atoms with Crippen molar-refractivity contribution in [1.29, 1.82) is 0 Å². The summed E-state index contributed by atoms with van der Waals surface area (Å²) in [5.41, 5.74) is -0.790. The van der Waals surface area contributed by atoms with Crippen molar-refractivity contribution in [2.75, 3.05) is 0 Å². The maximum atomic E-state index is 15.2. The van der Waals surface area contributed by atoms with Gasteiger partial charge in [-0.15, -0.1) is 0 Å². The summed E-state index contributed by atoms with van der Waals surface area (Å²) in [6.07, 6.45) is 14.2. The molecule has 2 saturated carbocycles. The molecule has 0 unspecified atom stereocenters. The summed E-state index contributed by atoms with van der Waals surface area (Å²) >= 11 is 0. The van der Waals surface area contributed by atoms with Crippen LogP contribution in [0.15, 0.2) is 0 Å². The Balaban J connectivity index is 1.79. The summed E-state index contributed by atoms with van der Waals surface area (Å²) in [5.74, 6) is 2.12. The zero-order chi connectivity index (χ0) is 13.7. The van der Waals surface area contributed by atoms with Crippen LogP contribution in [0.2, 0.25) is 0 Å². The van der Waals surface area contributed by atoms with E-state index in [1.54, 1.807) is 0 Å². The van der Waals surface area contributed by atoms with E-state index in [9.17, 15) is 0 Å². The minimum absolute atomic E-state index is 0.392. The van der Waals surface area contributed by atoms with Crippen molar-refractivity contribution in [3.8, 4) is 0 Å². The smallest absolute Gasteiger partial charge is 0.113 e. The molecule has 0 aromatic heterocycles. The van der Waals surface area contributed by atoms with E-state index >= 15 is 4.39 Å². The predicted molar refractivity (Wildman–Crippen MR) is 81.1 cm³/mol. The van der Waals surface area contributed by atoms with Gasteiger partial charge < -0.3 is 0 Å². The van der Waals surface area contributed by atoms with Crippen LogP contribution in [0.3, 0.4) is 0 Å². The average Bonchev–Trinajstić information content (AvgIpc) is 2.43. The van der Waals surface area contributed by atoms with Gasteiger partial charge in [-0.25, -0.2) is 4.39 Å². The van der Waals surface area contributed by atoms with Crippen molar-refractivity contribution in [1.82, 2.24) is 0 Å². The first-order valence-corrected chi connectivity index (χ1v) is 8.86.